The van der Waals surface area contributed by atoms with E-state index in [1.54, 1.807) is 7.11 Å². The number of fused-ring (bicyclic) bond motifs is 2. The summed E-state index contributed by atoms with van der Waals surface area (Å²) in [4.78, 5) is 14.1. The molecule has 2 bridgehead atoms. The molecule has 1 aromatic rings. The van der Waals surface area contributed by atoms with Crippen molar-refractivity contribution in [1.29, 1.82) is 0 Å². The SMILES string of the molecule is COc1ccc(CN2C(=O)C3COCC2C3)cc1. The van der Waals surface area contributed by atoms with Crippen LogP contribution in [-0.4, -0.2) is 37.2 Å². The van der Waals surface area contributed by atoms with Crippen LogP contribution in [0, 0.1) is 5.92 Å². The second kappa shape index (κ2) is 4.61. The van der Waals surface area contributed by atoms with Gasteiger partial charge in [-0.15, -0.1) is 0 Å². The van der Waals surface area contributed by atoms with Gasteiger partial charge < -0.3 is 14.4 Å². The highest BCUT2D eigenvalue weighted by Crippen LogP contribution is 2.30. The molecular weight excluding hydrogens is 230 g/mol. The highest BCUT2D eigenvalue weighted by Gasteiger charge is 2.42. The molecule has 3 rings (SSSR count). The minimum atomic E-state index is 0.0852. The molecule has 2 heterocycles. The smallest absolute Gasteiger partial charge is 0.228 e. The van der Waals surface area contributed by atoms with Gasteiger partial charge in [0.2, 0.25) is 5.91 Å². The molecule has 2 saturated heterocycles. The molecule has 0 radical (unpaired) electrons. The number of hydrogen-bond donors (Lipinski definition) is 0. The van der Waals surface area contributed by atoms with Gasteiger partial charge in [0.1, 0.15) is 5.75 Å². The topological polar surface area (TPSA) is 38.8 Å². The molecule has 2 fully saturated rings. The number of hydrogen-bond acceptors (Lipinski definition) is 3. The molecule has 2 unspecified atom stereocenters. The zero-order valence-corrected chi connectivity index (χ0v) is 10.5. The van der Waals surface area contributed by atoms with Crippen LogP contribution >= 0.6 is 0 Å². The van der Waals surface area contributed by atoms with Gasteiger partial charge in [0.05, 0.1) is 32.3 Å². The van der Waals surface area contributed by atoms with E-state index in [0.717, 1.165) is 17.7 Å². The van der Waals surface area contributed by atoms with E-state index < -0.39 is 0 Å². The van der Waals surface area contributed by atoms with Crippen LogP contribution in [-0.2, 0) is 16.1 Å². The van der Waals surface area contributed by atoms with Crippen molar-refractivity contribution in [3.05, 3.63) is 29.8 Å². The molecule has 1 aromatic carbocycles. The Morgan fingerprint density at radius 1 is 1.33 bits per heavy atom. The Kier molecular flexibility index (Phi) is 2.96. The quantitative estimate of drug-likeness (QED) is 0.811. The number of ether oxygens (including phenoxy) is 2. The lowest BCUT2D eigenvalue weighted by Gasteiger charge is -2.24. The molecule has 2 aliphatic heterocycles. The van der Waals surface area contributed by atoms with E-state index in [9.17, 15) is 4.79 Å². The van der Waals surface area contributed by atoms with Crippen molar-refractivity contribution in [3.8, 4) is 5.75 Å². The summed E-state index contributed by atoms with van der Waals surface area (Å²) in [5.41, 5.74) is 1.14. The fraction of sp³-hybridized carbons (Fsp3) is 0.500. The largest absolute Gasteiger partial charge is 0.497 e. The average Bonchev–Trinajstić information content (AvgIpc) is 2.63. The maximum atomic E-state index is 12.1. The lowest BCUT2D eigenvalue weighted by molar-refractivity contribution is -0.131. The number of rotatable bonds is 3. The van der Waals surface area contributed by atoms with Crippen molar-refractivity contribution in [2.45, 2.75) is 19.0 Å². The van der Waals surface area contributed by atoms with E-state index in [1.165, 1.54) is 0 Å². The molecule has 2 aliphatic rings. The van der Waals surface area contributed by atoms with Crippen LogP contribution in [0.5, 0.6) is 5.75 Å². The second-order valence-corrected chi connectivity index (χ2v) is 4.94. The van der Waals surface area contributed by atoms with Gasteiger partial charge in [-0.2, -0.15) is 0 Å². The average molecular weight is 247 g/mol. The van der Waals surface area contributed by atoms with E-state index in [-0.39, 0.29) is 17.9 Å². The summed E-state index contributed by atoms with van der Waals surface area (Å²) in [5, 5.41) is 0. The fourth-order valence-corrected chi connectivity index (χ4v) is 2.75. The summed E-state index contributed by atoms with van der Waals surface area (Å²) in [5.74, 6) is 1.17. The van der Waals surface area contributed by atoms with Gasteiger partial charge in [0, 0.05) is 6.54 Å². The molecule has 0 saturated carbocycles. The summed E-state index contributed by atoms with van der Waals surface area (Å²) in [6, 6.07) is 8.14. The van der Waals surface area contributed by atoms with Crippen molar-refractivity contribution in [2.24, 2.45) is 5.92 Å². The third-order valence-electron chi connectivity index (χ3n) is 3.77. The van der Waals surface area contributed by atoms with Gasteiger partial charge in [-0.1, -0.05) is 12.1 Å². The first kappa shape index (κ1) is 11.5. The Balaban J connectivity index is 1.73. The molecule has 0 aliphatic carbocycles. The zero-order valence-electron chi connectivity index (χ0n) is 10.5. The molecule has 1 amide bonds. The Hall–Kier alpha value is -1.55. The lowest BCUT2D eigenvalue weighted by atomic mass is 10.0. The van der Waals surface area contributed by atoms with Crippen LogP contribution in [0.15, 0.2) is 24.3 Å². The normalized spacial score (nSPS) is 26.5. The van der Waals surface area contributed by atoms with Gasteiger partial charge in [0.15, 0.2) is 0 Å². The molecule has 4 nitrogen and oxygen atoms in total. The number of benzene rings is 1. The van der Waals surface area contributed by atoms with Gasteiger partial charge in [-0.3, -0.25) is 4.79 Å². The summed E-state index contributed by atoms with van der Waals surface area (Å²) in [6.45, 7) is 1.94. The lowest BCUT2D eigenvalue weighted by Crippen LogP contribution is -2.34. The minimum Gasteiger partial charge on any atom is -0.497 e. The third-order valence-corrected chi connectivity index (χ3v) is 3.77. The van der Waals surface area contributed by atoms with Gasteiger partial charge in [0.25, 0.3) is 0 Å². The van der Waals surface area contributed by atoms with E-state index in [0.29, 0.717) is 19.8 Å². The molecule has 0 spiro atoms. The van der Waals surface area contributed by atoms with Crippen molar-refractivity contribution in [3.63, 3.8) is 0 Å². The fourth-order valence-electron chi connectivity index (χ4n) is 2.75. The van der Waals surface area contributed by atoms with Crippen molar-refractivity contribution < 1.29 is 14.3 Å². The van der Waals surface area contributed by atoms with Crippen LogP contribution in [0.3, 0.4) is 0 Å². The predicted octanol–water partition coefficient (Wildman–Crippen LogP) is 1.44. The number of nitrogens with zero attached hydrogens (tertiary/aromatic N) is 1. The number of methoxy groups -OCH3 is 1. The van der Waals surface area contributed by atoms with Crippen LogP contribution < -0.4 is 4.74 Å². The van der Waals surface area contributed by atoms with E-state index in [4.69, 9.17) is 9.47 Å². The molecule has 2 atom stereocenters. The minimum absolute atomic E-state index is 0.0852. The van der Waals surface area contributed by atoms with E-state index >= 15 is 0 Å². The number of carbonyl (C=O) groups excluding carboxylic acids is 1. The van der Waals surface area contributed by atoms with Gasteiger partial charge >= 0.3 is 0 Å². The molecule has 96 valence electrons. The zero-order chi connectivity index (χ0) is 12.5. The first-order valence-corrected chi connectivity index (χ1v) is 6.29. The van der Waals surface area contributed by atoms with Crippen LogP contribution in [0.2, 0.25) is 0 Å². The Morgan fingerprint density at radius 2 is 2.11 bits per heavy atom. The van der Waals surface area contributed by atoms with Crippen molar-refractivity contribution in [1.82, 2.24) is 4.90 Å². The van der Waals surface area contributed by atoms with Crippen molar-refractivity contribution >= 4 is 5.91 Å². The Morgan fingerprint density at radius 3 is 2.78 bits per heavy atom. The van der Waals surface area contributed by atoms with E-state index in [1.807, 2.05) is 29.2 Å². The molecule has 0 N–H and O–H groups in total. The molecule has 4 heteroatoms. The van der Waals surface area contributed by atoms with Crippen LogP contribution in [0.4, 0.5) is 0 Å². The molecular formula is C14H17NO3. The highest BCUT2D eigenvalue weighted by atomic mass is 16.5. The van der Waals surface area contributed by atoms with Gasteiger partial charge in [-0.05, 0) is 24.1 Å². The Labute approximate surface area is 106 Å². The summed E-state index contributed by atoms with van der Waals surface area (Å²) in [6.07, 6.45) is 0.953. The first-order valence-electron chi connectivity index (χ1n) is 6.29. The molecule has 18 heavy (non-hydrogen) atoms. The summed E-state index contributed by atoms with van der Waals surface area (Å²) < 4.78 is 10.6. The highest BCUT2D eigenvalue weighted by molar-refractivity contribution is 5.82. The van der Waals surface area contributed by atoms with Gasteiger partial charge in [-0.25, -0.2) is 0 Å². The van der Waals surface area contributed by atoms with E-state index in [2.05, 4.69) is 0 Å². The Bertz CT molecular complexity index is 443. The maximum Gasteiger partial charge on any atom is 0.228 e. The molecule has 0 aromatic heterocycles. The van der Waals surface area contributed by atoms with Crippen LogP contribution in [0.1, 0.15) is 12.0 Å². The summed E-state index contributed by atoms with van der Waals surface area (Å²) in [7, 11) is 1.65. The van der Waals surface area contributed by atoms with Crippen LogP contribution in [0.25, 0.3) is 0 Å². The van der Waals surface area contributed by atoms with Crippen molar-refractivity contribution in [2.75, 3.05) is 20.3 Å². The first-order chi connectivity index (χ1) is 8.78. The number of likely N-dealkylation sites (tertiary alicyclic amines) is 1. The predicted molar refractivity (Wildman–Crippen MR) is 66.3 cm³/mol. The standard InChI is InChI=1S/C14H17NO3/c1-17-13-4-2-10(3-5-13)7-15-12-6-11(14(15)16)8-18-9-12/h2-5,11-12H,6-9H2,1H3. The summed E-state index contributed by atoms with van der Waals surface area (Å²) >= 11 is 0. The maximum absolute atomic E-state index is 12.1. The number of amides is 1. The monoisotopic (exact) mass is 247 g/mol. The second-order valence-electron chi connectivity index (χ2n) is 4.94. The third kappa shape index (κ3) is 1.97. The number of carbonyl (C=O) groups is 1.